The summed E-state index contributed by atoms with van der Waals surface area (Å²) in [7, 11) is 0. The third kappa shape index (κ3) is 3.78. The van der Waals surface area contributed by atoms with Crippen molar-refractivity contribution in [2.45, 2.75) is 19.4 Å². The zero-order chi connectivity index (χ0) is 16.1. The first-order valence-corrected chi connectivity index (χ1v) is 7.69. The quantitative estimate of drug-likeness (QED) is 0.746. The Bertz CT molecular complexity index is 686. The van der Waals surface area contributed by atoms with Gasteiger partial charge in [0.25, 0.3) is 0 Å². The molecule has 0 spiro atoms. The molecule has 3 rings (SSSR count). The van der Waals surface area contributed by atoms with Crippen LogP contribution in [0.15, 0.2) is 54.4 Å². The number of aromatic nitrogens is 2. The Labute approximate surface area is 135 Å². The van der Waals surface area contributed by atoms with E-state index in [1.807, 2.05) is 24.5 Å². The highest BCUT2D eigenvalue weighted by atomic mass is 16.3. The Morgan fingerprint density at radius 1 is 1.22 bits per heavy atom. The van der Waals surface area contributed by atoms with Crippen LogP contribution in [0.2, 0.25) is 0 Å². The van der Waals surface area contributed by atoms with Crippen LogP contribution < -0.4 is 11.1 Å². The number of aromatic hydroxyl groups is 1. The largest absolute Gasteiger partial charge is 0.508 e. The second-order valence-electron chi connectivity index (χ2n) is 5.59. The molecule has 0 atom stereocenters. The Kier molecular flexibility index (Phi) is 4.73. The molecular formula is C17H21N5O. The van der Waals surface area contributed by atoms with E-state index in [-0.39, 0.29) is 0 Å². The summed E-state index contributed by atoms with van der Waals surface area (Å²) < 4.78 is 0. The lowest BCUT2D eigenvalue weighted by atomic mass is 10.1. The molecule has 0 bridgehead atoms. The summed E-state index contributed by atoms with van der Waals surface area (Å²) in [5.74, 6) is 0.292. The lowest BCUT2D eigenvalue weighted by Gasteiger charge is -2.21. The number of phenols is 1. The van der Waals surface area contributed by atoms with E-state index in [0.29, 0.717) is 12.3 Å². The van der Waals surface area contributed by atoms with Gasteiger partial charge in [-0.15, -0.1) is 0 Å². The van der Waals surface area contributed by atoms with E-state index in [4.69, 9.17) is 5.73 Å². The SMILES string of the molecule is NCCC1=C(Cc2cncnc2)NCN1Cc1cccc(O)c1. The molecule has 0 fully saturated rings. The van der Waals surface area contributed by atoms with Crippen LogP contribution >= 0.6 is 0 Å². The average molecular weight is 311 g/mol. The summed E-state index contributed by atoms with van der Waals surface area (Å²) in [4.78, 5) is 10.4. The van der Waals surface area contributed by atoms with Crippen molar-refractivity contribution in [1.82, 2.24) is 20.2 Å². The van der Waals surface area contributed by atoms with Gasteiger partial charge in [-0.1, -0.05) is 12.1 Å². The van der Waals surface area contributed by atoms with Crippen molar-refractivity contribution in [3.63, 3.8) is 0 Å². The molecule has 4 N–H and O–H groups in total. The van der Waals surface area contributed by atoms with Gasteiger partial charge < -0.3 is 21.1 Å². The molecule has 0 amide bonds. The van der Waals surface area contributed by atoms with Crippen molar-refractivity contribution in [3.05, 3.63) is 65.5 Å². The number of phenolic OH excluding ortho intramolecular Hbond substituents is 1. The minimum Gasteiger partial charge on any atom is -0.508 e. The number of allylic oxidation sites excluding steroid dienone is 1. The zero-order valence-electron chi connectivity index (χ0n) is 12.9. The summed E-state index contributed by atoms with van der Waals surface area (Å²) in [6, 6.07) is 7.36. The molecule has 0 aliphatic carbocycles. The predicted molar refractivity (Wildman–Crippen MR) is 88.1 cm³/mol. The molecule has 1 aromatic heterocycles. The first kappa shape index (κ1) is 15.3. The molecule has 1 aliphatic rings. The predicted octanol–water partition coefficient (Wildman–Crippen LogP) is 1.35. The van der Waals surface area contributed by atoms with Crippen LogP contribution in [-0.4, -0.2) is 33.2 Å². The number of hydrogen-bond donors (Lipinski definition) is 3. The van der Waals surface area contributed by atoms with E-state index in [9.17, 15) is 5.11 Å². The maximum absolute atomic E-state index is 9.62. The van der Waals surface area contributed by atoms with Crippen molar-refractivity contribution in [3.8, 4) is 5.75 Å². The summed E-state index contributed by atoms with van der Waals surface area (Å²) in [6.07, 6.45) is 6.79. The monoisotopic (exact) mass is 311 g/mol. The molecule has 0 saturated carbocycles. The molecule has 2 aromatic rings. The van der Waals surface area contributed by atoms with Crippen molar-refractivity contribution >= 4 is 0 Å². The molecule has 0 saturated heterocycles. The minimum atomic E-state index is 0.292. The number of hydrogen-bond acceptors (Lipinski definition) is 6. The van der Waals surface area contributed by atoms with E-state index < -0.39 is 0 Å². The van der Waals surface area contributed by atoms with Crippen LogP contribution in [0.5, 0.6) is 5.75 Å². The molecular weight excluding hydrogens is 290 g/mol. The van der Waals surface area contributed by atoms with E-state index >= 15 is 0 Å². The van der Waals surface area contributed by atoms with Crippen LogP contribution in [0, 0.1) is 0 Å². The Morgan fingerprint density at radius 2 is 2.04 bits per heavy atom. The van der Waals surface area contributed by atoms with Crippen LogP contribution in [0.1, 0.15) is 17.5 Å². The van der Waals surface area contributed by atoms with Crippen LogP contribution in [0.25, 0.3) is 0 Å². The Balaban J connectivity index is 1.78. The molecule has 6 nitrogen and oxygen atoms in total. The number of nitrogens with zero attached hydrogens (tertiary/aromatic N) is 3. The van der Waals surface area contributed by atoms with Gasteiger partial charge in [-0.25, -0.2) is 9.97 Å². The van der Waals surface area contributed by atoms with Gasteiger partial charge in [0.2, 0.25) is 0 Å². The topological polar surface area (TPSA) is 87.3 Å². The van der Waals surface area contributed by atoms with E-state index in [0.717, 1.165) is 37.2 Å². The summed E-state index contributed by atoms with van der Waals surface area (Å²) in [5.41, 5.74) is 10.3. The third-order valence-corrected chi connectivity index (χ3v) is 3.87. The standard InChI is InChI=1S/C17H21N5O/c18-5-4-17-16(7-14-8-19-11-20-9-14)21-12-22(17)10-13-2-1-3-15(23)6-13/h1-3,6,8-9,11,21,23H,4-5,7,10,12,18H2. The molecule has 1 aliphatic heterocycles. The number of nitrogens with two attached hydrogens (primary N) is 1. The highest BCUT2D eigenvalue weighted by molar-refractivity contribution is 5.29. The number of nitrogens with one attached hydrogen (secondary N) is 1. The first-order chi connectivity index (χ1) is 11.3. The fraction of sp³-hybridized carbons (Fsp3) is 0.294. The van der Waals surface area contributed by atoms with Crippen molar-refractivity contribution in [2.75, 3.05) is 13.2 Å². The van der Waals surface area contributed by atoms with Gasteiger partial charge in [0.05, 0.1) is 6.67 Å². The summed E-state index contributed by atoms with van der Waals surface area (Å²) in [5, 5.41) is 13.1. The van der Waals surface area contributed by atoms with Crippen molar-refractivity contribution in [2.24, 2.45) is 5.73 Å². The third-order valence-electron chi connectivity index (χ3n) is 3.87. The van der Waals surface area contributed by atoms with Gasteiger partial charge >= 0.3 is 0 Å². The molecule has 0 radical (unpaired) electrons. The normalized spacial score (nSPS) is 14.2. The molecule has 1 aromatic carbocycles. The second kappa shape index (κ2) is 7.11. The van der Waals surface area contributed by atoms with Gasteiger partial charge in [0, 0.05) is 43.2 Å². The zero-order valence-corrected chi connectivity index (χ0v) is 12.9. The summed E-state index contributed by atoms with van der Waals surface area (Å²) >= 11 is 0. The average Bonchev–Trinajstić information content (AvgIpc) is 2.91. The van der Waals surface area contributed by atoms with Gasteiger partial charge in [-0.3, -0.25) is 0 Å². The Morgan fingerprint density at radius 3 is 2.78 bits per heavy atom. The molecule has 23 heavy (non-hydrogen) atoms. The van der Waals surface area contributed by atoms with Crippen molar-refractivity contribution in [1.29, 1.82) is 0 Å². The second-order valence-corrected chi connectivity index (χ2v) is 5.59. The molecule has 120 valence electrons. The Hall–Kier alpha value is -2.60. The van der Waals surface area contributed by atoms with Crippen molar-refractivity contribution < 1.29 is 5.11 Å². The molecule has 0 unspecified atom stereocenters. The maximum atomic E-state index is 9.62. The lowest BCUT2D eigenvalue weighted by Crippen LogP contribution is -2.24. The number of benzene rings is 1. The molecule has 2 heterocycles. The first-order valence-electron chi connectivity index (χ1n) is 7.69. The van der Waals surface area contributed by atoms with Crippen LogP contribution in [0.3, 0.4) is 0 Å². The minimum absolute atomic E-state index is 0.292. The van der Waals surface area contributed by atoms with Gasteiger partial charge in [0.15, 0.2) is 0 Å². The van der Waals surface area contributed by atoms with Crippen LogP contribution in [-0.2, 0) is 13.0 Å². The fourth-order valence-electron chi connectivity index (χ4n) is 2.84. The highest BCUT2D eigenvalue weighted by Crippen LogP contribution is 2.24. The fourth-order valence-corrected chi connectivity index (χ4v) is 2.84. The maximum Gasteiger partial charge on any atom is 0.115 e. The smallest absolute Gasteiger partial charge is 0.115 e. The van der Waals surface area contributed by atoms with E-state index in [1.54, 1.807) is 12.1 Å². The highest BCUT2D eigenvalue weighted by Gasteiger charge is 2.21. The van der Waals surface area contributed by atoms with E-state index in [1.165, 1.54) is 17.7 Å². The van der Waals surface area contributed by atoms with Gasteiger partial charge in [0.1, 0.15) is 12.1 Å². The van der Waals surface area contributed by atoms with Crippen LogP contribution in [0.4, 0.5) is 0 Å². The summed E-state index contributed by atoms with van der Waals surface area (Å²) in [6.45, 7) is 2.09. The molecule has 6 heteroatoms. The van der Waals surface area contributed by atoms with Gasteiger partial charge in [-0.05, 0) is 29.8 Å². The van der Waals surface area contributed by atoms with Gasteiger partial charge in [-0.2, -0.15) is 0 Å². The lowest BCUT2D eigenvalue weighted by molar-refractivity contribution is 0.345. The number of rotatable bonds is 6. The van der Waals surface area contributed by atoms with E-state index in [2.05, 4.69) is 20.2 Å².